The monoisotopic (exact) mass is 347 g/mol. The van der Waals surface area contributed by atoms with Gasteiger partial charge < -0.3 is 5.11 Å². The molecule has 0 aliphatic rings. The molecular formula is C25H17NO. The number of aromatic nitrogens is 1. The second-order valence-corrected chi connectivity index (χ2v) is 6.65. The van der Waals surface area contributed by atoms with E-state index in [1.165, 1.54) is 10.9 Å². The summed E-state index contributed by atoms with van der Waals surface area (Å²) in [5, 5.41) is 13.1. The van der Waals surface area contributed by atoms with Gasteiger partial charge in [-0.25, -0.2) is 4.98 Å². The Morgan fingerprint density at radius 1 is 0.593 bits per heavy atom. The third-order valence-corrected chi connectivity index (χ3v) is 4.95. The molecule has 128 valence electrons. The first kappa shape index (κ1) is 15.6. The number of rotatable bonds is 2. The fraction of sp³-hybridized carbons (Fsp3) is 0. The minimum atomic E-state index is 0.258. The Kier molecular flexibility index (Phi) is 3.61. The van der Waals surface area contributed by atoms with E-state index in [0.29, 0.717) is 0 Å². The van der Waals surface area contributed by atoms with Gasteiger partial charge in [0.15, 0.2) is 0 Å². The van der Waals surface area contributed by atoms with Crippen molar-refractivity contribution in [3.63, 3.8) is 0 Å². The summed E-state index contributed by atoms with van der Waals surface area (Å²) in [6, 6.07) is 32.4. The summed E-state index contributed by atoms with van der Waals surface area (Å²) in [6.45, 7) is 0. The number of hydrogen-bond acceptors (Lipinski definition) is 2. The van der Waals surface area contributed by atoms with Crippen LogP contribution in [-0.2, 0) is 0 Å². The average Bonchev–Trinajstić information content (AvgIpc) is 2.74. The molecule has 5 aromatic rings. The van der Waals surface area contributed by atoms with Gasteiger partial charge in [-0.2, -0.15) is 0 Å². The van der Waals surface area contributed by atoms with Gasteiger partial charge in [0.05, 0.1) is 11.2 Å². The molecule has 0 saturated heterocycles. The lowest BCUT2D eigenvalue weighted by Gasteiger charge is -2.12. The van der Waals surface area contributed by atoms with Crippen LogP contribution in [0.1, 0.15) is 0 Å². The van der Waals surface area contributed by atoms with Gasteiger partial charge in [-0.05, 0) is 46.8 Å². The number of nitrogens with zero attached hydrogens (tertiary/aromatic N) is 1. The zero-order chi connectivity index (χ0) is 18.2. The smallest absolute Gasteiger partial charge is 0.115 e. The summed E-state index contributed by atoms with van der Waals surface area (Å²) in [5.41, 5.74) is 5.21. The normalized spacial score (nSPS) is 11.1. The second-order valence-electron chi connectivity index (χ2n) is 6.65. The molecular weight excluding hydrogens is 330 g/mol. The van der Waals surface area contributed by atoms with E-state index < -0.39 is 0 Å². The molecule has 0 spiro atoms. The highest BCUT2D eigenvalue weighted by Gasteiger charge is 2.12. The van der Waals surface area contributed by atoms with Gasteiger partial charge in [-0.3, -0.25) is 0 Å². The Labute approximate surface area is 157 Å². The standard InChI is InChI=1S/C25H17NO/c27-20-13-10-19(11-14-20)24-16-23(17-6-2-1-3-7-17)22-15-12-18-8-4-5-9-21(18)25(22)26-24/h1-16,27H. The predicted molar refractivity (Wildman–Crippen MR) is 112 cm³/mol. The van der Waals surface area contributed by atoms with Crippen LogP contribution in [-0.4, -0.2) is 10.1 Å². The summed E-state index contributed by atoms with van der Waals surface area (Å²) in [7, 11) is 0. The fourth-order valence-electron chi connectivity index (χ4n) is 3.60. The molecule has 0 radical (unpaired) electrons. The van der Waals surface area contributed by atoms with E-state index in [4.69, 9.17) is 4.98 Å². The van der Waals surface area contributed by atoms with Crippen LogP contribution in [0.4, 0.5) is 0 Å². The van der Waals surface area contributed by atoms with E-state index in [9.17, 15) is 5.11 Å². The molecule has 0 bridgehead atoms. The lowest BCUT2D eigenvalue weighted by atomic mass is 9.96. The Morgan fingerprint density at radius 3 is 2.15 bits per heavy atom. The van der Waals surface area contributed by atoms with Crippen LogP contribution in [0, 0.1) is 0 Å². The SMILES string of the molecule is Oc1ccc(-c2cc(-c3ccccc3)c3ccc4ccccc4c3n2)cc1. The summed E-state index contributed by atoms with van der Waals surface area (Å²) in [5.74, 6) is 0.258. The molecule has 4 aromatic carbocycles. The number of benzene rings is 4. The molecule has 2 heteroatoms. The highest BCUT2D eigenvalue weighted by atomic mass is 16.3. The summed E-state index contributed by atoms with van der Waals surface area (Å²) in [4.78, 5) is 5.01. The Hall–Kier alpha value is -3.65. The van der Waals surface area contributed by atoms with Gasteiger partial charge in [0.25, 0.3) is 0 Å². The van der Waals surface area contributed by atoms with Gasteiger partial charge in [0.2, 0.25) is 0 Å². The van der Waals surface area contributed by atoms with Crippen molar-refractivity contribution in [3.8, 4) is 28.1 Å². The third-order valence-electron chi connectivity index (χ3n) is 4.95. The number of pyridine rings is 1. The van der Waals surface area contributed by atoms with Gasteiger partial charge >= 0.3 is 0 Å². The van der Waals surface area contributed by atoms with E-state index >= 15 is 0 Å². The molecule has 0 aliphatic heterocycles. The summed E-state index contributed by atoms with van der Waals surface area (Å²) in [6.07, 6.45) is 0. The zero-order valence-corrected chi connectivity index (χ0v) is 14.6. The number of aromatic hydroxyl groups is 1. The minimum Gasteiger partial charge on any atom is -0.508 e. The van der Waals surface area contributed by atoms with Crippen LogP contribution in [0.3, 0.4) is 0 Å². The lowest BCUT2D eigenvalue weighted by Crippen LogP contribution is -1.91. The van der Waals surface area contributed by atoms with Crippen LogP contribution < -0.4 is 0 Å². The molecule has 0 fully saturated rings. The Balaban J connectivity index is 1.89. The van der Waals surface area contributed by atoms with E-state index in [1.807, 2.05) is 18.2 Å². The molecule has 0 atom stereocenters. The van der Waals surface area contributed by atoms with Crippen LogP contribution in [0.15, 0.2) is 97.1 Å². The van der Waals surface area contributed by atoms with E-state index in [1.54, 1.807) is 12.1 Å². The molecule has 0 unspecified atom stereocenters. The molecule has 1 aromatic heterocycles. The van der Waals surface area contributed by atoms with Gasteiger partial charge in [0, 0.05) is 16.3 Å². The topological polar surface area (TPSA) is 33.1 Å². The highest BCUT2D eigenvalue weighted by Crippen LogP contribution is 2.35. The first-order valence-corrected chi connectivity index (χ1v) is 8.97. The molecule has 2 nitrogen and oxygen atoms in total. The Bertz CT molecular complexity index is 1260. The third kappa shape index (κ3) is 2.72. The van der Waals surface area contributed by atoms with Crippen molar-refractivity contribution < 1.29 is 5.11 Å². The van der Waals surface area contributed by atoms with Gasteiger partial charge in [-0.15, -0.1) is 0 Å². The largest absolute Gasteiger partial charge is 0.508 e. The maximum absolute atomic E-state index is 9.63. The van der Waals surface area contributed by atoms with Crippen molar-refractivity contribution in [2.75, 3.05) is 0 Å². The molecule has 0 amide bonds. The first-order chi connectivity index (χ1) is 13.3. The first-order valence-electron chi connectivity index (χ1n) is 8.97. The predicted octanol–water partition coefficient (Wildman–Crippen LogP) is 6.43. The van der Waals surface area contributed by atoms with Crippen LogP contribution in [0.25, 0.3) is 44.1 Å². The fourth-order valence-corrected chi connectivity index (χ4v) is 3.60. The minimum absolute atomic E-state index is 0.258. The van der Waals surface area contributed by atoms with Crippen molar-refractivity contribution in [2.24, 2.45) is 0 Å². The molecule has 1 N–H and O–H groups in total. The molecule has 0 aliphatic carbocycles. The molecule has 27 heavy (non-hydrogen) atoms. The van der Waals surface area contributed by atoms with Gasteiger partial charge in [0.1, 0.15) is 5.75 Å². The van der Waals surface area contributed by atoms with E-state index in [2.05, 4.69) is 66.7 Å². The molecule has 0 saturated carbocycles. The maximum atomic E-state index is 9.63. The maximum Gasteiger partial charge on any atom is 0.115 e. The van der Waals surface area contributed by atoms with E-state index in [0.717, 1.165) is 33.1 Å². The number of fused-ring (bicyclic) bond motifs is 3. The van der Waals surface area contributed by atoms with Crippen molar-refractivity contribution in [1.82, 2.24) is 4.98 Å². The molecule has 1 heterocycles. The van der Waals surface area contributed by atoms with Crippen molar-refractivity contribution in [1.29, 1.82) is 0 Å². The van der Waals surface area contributed by atoms with Crippen LogP contribution >= 0.6 is 0 Å². The Morgan fingerprint density at radius 2 is 1.33 bits per heavy atom. The lowest BCUT2D eigenvalue weighted by molar-refractivity contribution is 0.475. The zero-order valence-electron chi connectivity index (χ0n) is 14.6. The van der Waals surface area contributed by atoms with Crippen LogP contribution in [0.5, 0.6) is 5.75 Å². The number of phenols is 1. The second kappa shape index (κ2) is 6.26. The summed E-state index contributed by atoms with van der Waals surface area (Å²) < 4.78 is 0. The number of phenolic OH excluding ortho intramolecular Hbond substituents is 1. The van der Waals surface area contributed by atoms with Crippen molar-refractivity contribution in [2.45, 2.75) is 0 Å². The van der Waals surface area contributed by atoms with Crippen molar-refractivity contribution in [3.05, 3.63) is 97.1 Å². The molecule has 5 rings (SSSR count). The average molecular weight is 347 g/mol. The van der Waals surface area contributed by atoms with Crippen LogP contribution in [0.2, 0.25) is 0 Å². The van der Waals surface area contributed by atoms with E-state index in [-0.39, 0.29) is 5.75 Å². The van der Waals surface area contributed by atoms with Crippen molar-refractivity contribution >= 4 is 21.7 Å². The quantitative estimate of drug-likeness (QED) is 0.373. The summed E-state index contributed by atoms with van der Waals surface area (Å²) >= 11 is 0. The van der Waals surface area contributed by atoms with Gasteiger partial charge in [-0.1, -0.05) is 66.7 Å². The number of hydrogen-bond donors (Lipinski definition) is 1. The highest BCUT2D eigenvalue weighted by molar-refractivity contribution is 6.10.